The summed E-state index contributed by atoms with van der Waals surface area (Å²) in [7, 11) is 0. The first kappa shape index (κ1) is 17.0. The zero-order chi connectivity index (χ0) is 15.9. The number of hydrogen-bond acceptors (Lipinski definition) is 3. The molecule has 0 radical (unpaired) electrons. The molecule has 0 aliphatic carbocycles. The van der Waals surface area contributed by atoms with Crippen LogP contribution in [0.2, 0.25) is 10.0 Å². The summed E-state index contributed by atoms with van der Waals surface area (Å²) >= 11 is 13.3. The number of hydrogen-bond donors (Lipinski definition) is 1. The largest absolute Gasteiger partial charge is 0.356 e. The average molecular weight is 356 g/mol. The van der Waals surface area contributed by atoms with Crippen LogP contribution in [0.25, 0.3) is 0 Å². The lowest BCUT2D eigenvalue weighted by Gasteiger charge is -2.07. The summed E-state index contributed by atoms with van der Waals surface area (Å²) in [5.74, 6) is -0.124. The number of carbonyl (C=O) groups excluding carboxylic acids is 2. The standard InChI is InChI=1S/C16H15Cl2NO2S/c17-12-4-3-11(13(18)10-12)7-8-19-16(21)6-5-14(20)15-2-1-9-22-15/h1-4,9-10H,5-8H2,(H,19,21). The summed E-state index contributed by atoms with van der Waals surface area (Å²) in [6.07, 6.45) is 1.06. The summed E-state index contributed by atoms with van der Waals surface area (Å²) in [4.78, 5) is 24.2. The van der Waals surface area contributed by atoms with Crippen LogP contribution in [-0.4, -0.2) is 18.2 Å². The number of nitrogens with one attached hydrogen (secondary N) is 1. The Balaban J connectivity index is 1.70. The normalized spacial score (nSPS) is 10.5. The molecule has 1 N–H and O–H groups in total. The molecular formula is C16H15Cl2NO2S. The fourth-order valence-electron chi connectivity index (χ4n) is 1.94. The number of amides is 1. The van der Waals surface area contributed by atoms with E-state index in [-0.39, 0.29) is 24.5 Å². The molecule has 0 fully saturated rings. The molecule has 0 bridgehead atoms. The van der Waals surface area contributed by atoms with Gasteiger partial charge in [-0.2, -0.15) is 0 Å². The highest BCUT2D eigenvalue weighted by atomic mass is 35.5. The third-order valence-corrected chi connectivity index (χ3v) is 4.60. The number of thiophene rings is 1. The van der Waals surface area contributed by atoms with Crippen molar-refractivity contribution in [2.24, 2.45) is 0 Å². The van der Waals surface area contributed by atoms with Gasteiger partial charge in [0.25, 0.3) is 0 Å². The first-order chi connectivity index (χ1) is 10.6. The van der Waals surface area contributed by atoms with Gasteiger partial charge in [0.2, 0.25) is 5.91 Å². The van der Waals surface area contributed by atoms with E-state index in [0.717, 1.165) is 5.56 Å². The van der Waals surface area contributed by atoms with Crippen molar-refractivity contribution in [3.8, 4) is 0 Å². The maximum Gasteiger partial charge on any atom is 0.220 e. The van der Waals surface area contributed by atoms with E-state index in [9.17, 15) is 9.59 Å². The molecule has 6 heteroatoms. The maximum atomic E-state index is 11.8. The highest BCUT2D eigenvalue weighted by Crippen LogP contribution is 2.21. The molecule has 0 saturated heterocycles. The van der Waals surface area contributed by atoms with Crippen molar-refractivity contribution in [1.82, 2.24) is 5.32 Å². The molecule has 2 aromatic rings. The lowest BCUT2D eigenvalue weighted by molar-refractivity contribution is -0.121. The number of halogens is 2. The molecule has 22 heavy (non-hydrogen) atoms. The minimum Gasteiger partial charge on any atom is -0.356 e. The van der Waals surface area contributed by atoms with E-state index in [1.54, 1.807) is 18.2 Å². The van der Waals surface area contributed by atoms with E-state index in [1.807, 2.05) is 17.5 Å². The summed E-state index contributed by atoms with van der Waals surface area (Å²) in [5.41, 5.74) is 0.932. The van der Waals surface area contributed by atoms with Gasteiger partial charge in [0.1, 0.15) is 0 Å². The van der Waals surface area contributed by atoms with Gasteiger partial charge in [-0.05, 0) is 35.6 Å². The van der Waals surface area contributed by atoms with Crippen LogP contribution >= 0.6 is 34.5 Å². The maximum absolute atomic E-state index is 11.8. The zero-order valence-electron chi connectivity index (χ0n) is 11.8. The van der Waals surface area contributed by atoms with Crippen molar-refractivity contribution in [1.29, 1.82) is 0 Å². The number of Topliss-reactive ketones (excluding diaryl/α,β-unsaturated/α-hetero) is 1. The van der Waals surface area contributed by atoms with Crippen molar-refractivity contribution >= 4 is 46.2 Å². The van der Waals surface area contributed by atoms with Crippen molar-refractivity contribution in [3.05, 3.63) is 56.2 Å². The molecule has 0 spiro atoms. The second kappa shape index (κ2) is 8.32. The Bertz CT molecular complexity index is 656. The van der Waals surface area contributed by atoms with Crippen molar-refractivity contribution < 1.29 is 9.59 Å². The minimum absolute atomic E-state index is 0.00546. The first-order valence-electron chi connectivity index (χ1n) is 6.83. The Hall–Kier alpha value is -1.36. The molecule has 1 amide bonds. The fourth-order valence-corrected chi connectivity index (χ4v) is 3.13. The Morgan fingerprint density at radius 3 is 2.64 bits per heavy atom. The van der Waals surface area contributed by atoms with Gasteiger partial charge in [0.05, 0.1) is 4.88 Å². The highest BCUT2D eigenvalue weighted by Gasteiger charge is 2.10. The molecule has 2 rings (SSSR count). The average Bonchev–Trinajstić information content (AvgIpc) is 3.01. The second-order valence-electron chi connectivity index (χ2n) is 4.74. The number of benzene rings is 1. The van der Waals surface area contributed by atoms with Crippen molar-refractivity contribution in [2.75, 3.05) is 6.54 Å². The van der Waals surface area contributed by atoms with Crippen LogP contribution in [0.5, 0.6) is 0 Å². The quantitative estimate of drug-likeness (QED) is 0.749. The molecule has 3 nitrogen and oxygen atoms in total. The summed E-state index contributed by atoms with van der Waals surface area (Å²) in [6, 6.07) is 8.89. The molecule has 1 heterocycles. The molecule has 116 valence electrons. The van der Waals surface area contributed by atoms with E-state index in [0.29, 0.717) is 27.9 Å². The fraction of sp³-hybridized carbons (Fsp3) is 0.250. The Kier molecular flexibility index (Phi) is 6.43. The third kappa shape index (κ3) is 5.13. The number of carbonyl (C=O) groups is 2. The lowest BCUT2D eigenvalue weighted by Crippen LogP contribution is -2.26. The van der Waals surface area contributed by atoms with Crippen molar-refractivity contribution in [3.63, 3.8) is 0 Å². The van der Waals surface area contributed by atoms with E-state index in [2.05, 4.69) is 5.32 Å². The van der Waals surface area contributed by atoms with Crippen LogP contribution in [0, 0.1) is 0 Å². The van der Waals surface area contributed by atoms with Crippen LogP contribution in [0.15, 0.2) is 35.7 Å². The number of rotatable bonds is 7. The van der Waals surface area contributed by atoms with Gasteiger partial charge in [-0.15, -0.1) is 11.3 Å². The summed E-state index contributed by atoms with van der Waals surface area (Å²) < 4.78 is 0. The predicted molar refractivity (Wildman–Crippen MR) is 91.1 cm³/mol. The third-order valence-electron chi connectivity index (χ3n) is 3.11. The molecule has 1 aromatic carbocycles. The highest BCUT2D eigenvalue weighted by molar-refractivity contribution is 7.12. The lowest BCUT2D eigenvalue weighted by atomic mass is 10.1. The van der Waals surface area contributed by atoms with E-state index >= 15 is 0 Å². The van der Waals surface area contributed by atoms with Gasteiger partial charge >= 0.3 is 0 Å². The molecular weight excluding hydrogens is 341 g/mol. The van der Waals surface area contributed by atoms with E-state index in [1.165, 1.54) is 11.3 Å². The van der Waals surface area contributed by atoms with Gasteiger partial charge in [0.15, 0.2) is 5.78 Å². The van der Waals surface area contributed by atoms with Gasteiger partial charge in [-0.1, -0.05) is 35.3 Å². The van der Waals surface area contributed by atoms with E-state index in [4.69, 9.17) is 23.2 Å². The molecule has 1 aromatic heterocycles. The topological polar surface area (TPSA) is 46.2 Å². The van der Waals surface area contributed by atoms with Crippen LogP contribution in [0.1, 0.15) is 28.1 Å². The Labute approximate surface area is 143 Å². The van der Waals surface area contributed by atoms with Gasteiger partial charge in [-0.25, -0.2) is 0 Å². The smallest absolute Gasteiger partial charge is 0.220 e. The van der Waals surface area contributed by atoms with Crippen molar-refractivity contribution in [2.45, 2.75) is 19.3 Å². The van der Waals surface area contributed by atoms with Gasteiger partial charge in [-0.3, -0.25) is 9.59 Å². The monoisotopic (exact) mass is 355 g/mol. The predicted octanol–water partition coefficient (Wildman–Crippen LogP) is 4.38. The van der Waals surface area contributed by atoms with Crippen LogP contribution < -0.4 is 5.32 Å². The first-order valence-corrected chi connectivity index (χ1v) is 8.47. The molecule has 0 aliphatic rings. The summed E-state index contributed by atoms with van der Waals surface area (Å²) in [6.45, 7) is 0.480. The Morgan fingerprint density at radius 2 is 1.95 bits per heavy atom. The molecule has 0 aliphatic heterocycles. The molecule has 0 unspecified atom stereocenters. The number of ketones is 1. The SMILES string of the molecule is O=C(CCC(=O)c1cccs1)NCCc1ccc(Cl)cc1Cl. The van der Waals surface area contributed by atoms with Crippen LogP contribution in [0.4, 0.5) is 0 Å². The van der Waals surface area contributed by atoms with Gasteiger partial charge in [0, 0.05) is 29.4 Å². The zero-order valence-corrected chi connectivity index (χ0v) is 14.1. The summed E-state index contributed by atoms with van der Waals surface area (Å²) in [5, 5.41) is 5.82. The molecule has 0 saturated carbocycles. The van der Waals surface area contributed by atoms with Crippen LogP contribution in [-0.2, 0) is 11.2 Å². The van der Waals surface area contributed by atoms with E-state index < -0.39 is 0 Å². The van der Waals surface area contributed by atoms with Crippen LogP contribution in [0.3, 0.4) is 0 Å². The second-order valence-corrected chi connectivity index (χ2v) is 6.53. The molecule has 0 atom stereocenters. The minimum atomic E-state index is -0.130. The Morgan fingerprint density at radius 1 is 1.14 bits per heavy atom. The van der Waals surface area contributed by atoms with Gasteiger partial charge < -0.3 is 5.32 Å².